The van der Waals surface area contributed by atoms with E-state index < -0.39 is 10.0 Å². The van der Waals surface area contributed by atoms with Crippen LogP contribution in [0.15, 0.2) is 49.7 Å². The summed E-state index contributed by atoms with van der Waals surface area (Å²) in [5.74, 6) is 1.22. The van der Waals surface area contributed by atoms with Crippen molar-refractivity contribution in [3.63, 3.8) is 0 Å². The molecule has 0 atom stereocenters. The lowest BCUT2D eigenvalue weighted by Gasteiger charge is -2.33. The second-order valence-corrected chi connectivity index (χ2v) is 9.78. The van der Waals surface area contributed by atoms with Crippen LogP contribution in [0.5, 0.6) is 0 Å². The normalized spacial score (nSPS) is 17.0. The minimum absolute atomic E-state index is 0.288. The van der Waals surface area contributed by atoms with Crippen LogP contribution in [0.1, 0.15) is 5.69 Å². The van der Waals surface area contributed by atoms with Crippen LogP contribution in [0.4, 0.5) is 0 Å². The van der Waals surface area contributed by atoms with Gasteiger partial charge < -0.3 is 8.94 Å². The Kier molecular flexibility index (Phi) is 4.89. The molecule has 0 N–H and O–H groups in total. The number of furan rings is 1. The Hall–Kier alpha value is -1.65. The number of halogens is 1. The van der Waals surface area contributed by atoms with Gasteiger partial charge in [-0.2, -0.15) is 4.31 Å². The van der Waals surface area contributed by atoms with Gasteiger partial charge in [-0.1, -0.05) is 16.8 Å². The highest BCUT2D eigenvalue weighted by atomic mass is 35.5. The summed E-state index contributed by atoms with van der Waals surface area (Å²) in [7, 11) is -3.47. The van der Waals surface area contributed by atoms with Gasteiger partial charge >= 0.3 is 0 Å². The standard InChI is InChI=1S/C16H16ClN3O4S2/c17-15-3-4-16(25-15)26(21,22)20-7-5-19(6-8-20)11-12-10-14(24-18-12)13-2-1-9-23-13/h1-4,9-10H,5-8,11H2. The van der Waals surface area contributed by atoms with Crippen LogP contribution in [0.3, 0.4) is 0 Å². The number of hydrogen-bond acceptors (Lipinski definition) is 7. The Morgan fingerprint density at radius 3 is 2.62 bits per heavy atom. The maximum Gasteiger partial charge on any atom is 0.252 e. The summed E-state index contributed by atoms with van der Waals surface area (Å²) in [6.45, 7) is 2.72. The monoisotopic (exact) mass is 413 g/mol. The molecule has 0 amide bonds. The van der Waals surface area contributed by atoms with Gasteiger partial charge in [0.1, 0.15) is 4.21 Å². The second kappa shape index (κ2) is 7.16. The molecule has 4 rings (SSSR count). The van der Waals surface area contributed by atoms with Crippen molar-refractivity contribution >= 4 is 33.0 Å². The minimum atomic E-state index is -3.47. The molecule has 1 saturated heterocycles. The maximum absolute atomic E-state index is 12.6. The highest BCUT2D eigenvalue weighted by Crippen LogP contribution is 2.29. The smallest absolute Gasteiger partial charge is 0.252 e. The number of thiophene rings is 1. The molecule has 0 spiro atoms. The molecule has 0 unspecified atom stereocenters. The highest BCUT2D eigenvalue weighted by molar-refractivity contribution is 7.91. The summed E-state index contributed by atoms with van der Waals surface area (Å²) >= 11 is 6.95. The summed E-state index contributed by atoms with van der Waals surface area (Å²) in [5.41, 5.74) is 0.790. The number of nitrogens with zero attached hydrogens (tertiary/aromatic N) is 3. The quantitative estimate of drug-likeness (QED) is 0.639. The minimum Gasteiger partial charge on any atom is -0.461 e. The van der Waals surface area contributed by atoms with Gasteiger partial charge in [-0.15, -0.1) is 11.3 Å². The number of piperazine rings is 1. The third-order valence-electron chi connectivity index (χ3n) is 4.18. The summed E-state index contributed by atoms with van der Waals surface area (Å²) in [4.78, 5) is 2.15. The molecule has 3 aromatic heterocycles. The molecule has 1 fully saturated rings. The van der Waals surface area contributed by atoms with Crippen molar-refractivity contribution in [2.75, 3.05) is 26.2 Å². The summed E-state index contributed by atoms with van der Waals surface area (Å²) in [5, 5.41) is 4.06. The molecule has 3 aromatic rings. The largest absolute Gasteiger partial charge is 0.461 e. The van der Waals surface area contributed by atoms with Crippen LogP contribution in [-0.4, -0.2) is 49.0 Å². The van der Waals surface area contributed by atoms with Gasteiger partial charge in [0.25, 0.3) is 10.0 Å². The molecule has 10 heteroatoms. The van der Waals surface area contributed by atoms with Crippen molar-refractivity contribution in [1.29, 1.82) is 0 Å². The lowest BCUT2D eigenvalue weighted by Crippen LogP contribution is -2.48. The third kappa shape index (κ3) is 3.58. The van der Waals surface area contributed by atoms with E-state index in [0.29, 0.717) is 48.6 Å². The molecule has 0 aliphatic carbocycles. The maximum atomic E-state index is 12.6. The molecule has 0 bridgehead atoms. The van der Waals surface area contributed by atoms with Crippen LogP contribution >= 0.6 is 22.9 Å². The molecule has 0 aromatic carbocycles. The lowest BCUT2D eigenvalue weighted by molar-refractivity contribution is 0.178. The van der Waals surface area contributed by atoms with Gasteiger partial charge in [-0.25, -0.2) is 8.42 Å². The predicted molar refractivity (Wildman–Crippen MR) is 97.6 cm³/mol. The Bertz CT molecular complexity index is 973. The van der Waals surface area contributed by atoms with E-state index in [4.69, 9.17) is 20.5 Å². The zero-order chi connectivity index (χ0) is 18.1. The van der Waals surface area contributed by atoms with Gasteiger partial charge in [0.05, 0.1) is 16.3 Å². The zero-order valence-electron chi connectivity index (χ0n) is 13.7. The second-order valence-electron chi connectivity index (χ2n) is 5.90. The van der Waals surface area contributed by atoms with Crippen molar-refractivity contribution in [2.24, 2.45) is 0 Å². The van der Waals surface area contributed by atoms with Crippen molar-refractivity contribution in [3.8, 4) is 11.5 Å². The van der Waals surface area contributed by atoms with E-state index in [9.17, 15) is 8.42 Å². The zero-order valence-corrected chi connectivity index (χ0v) is 16.1. The van der Waals surface area contributed by atoms with Gasteiger partial charge in [0.2, 0.25) is 5.76 Å². The Balaban J connectivity index is 1.37. The third-order valence-corrected chi connectivity index (χ3v) is 7.78. The SMILES string of the molecule is O=S(=O)(c1ccc(Cl)s1)N1CCN(Cc2cc(-c3ccco3)on2)CC1. The molecule has 1 aliphatic heterocycles. The van der Waals surface area contributed by atoms with E-state index in [0.717, 1.165) is 17.0 Å². The fourth-order valence-corrected chi connectivity index (χ4v) is 5.90. The van der Waals surface area contributed by atoms with Crippen LogP contribution in [0, 0.1) is 0 Å². The number of hydrogen-bond donors (Lipinski definition) is 0. The molecular formula is C16H16ClN3O4S2. The molecule has 0 radical (unpaired) electrons. The average molecular weight is 414 g/mol. The van der Waals surface area contributed by atoms with Crippen molar-refractivity contribution in [3.05, 3.63) is 46.6 Å². The average Bonchev–Trinajstić information content (AvgIpc) is 3.36. The van der Waals surface area contributed by atoms with E-state index in [1.165, 1.54) is 4.31 Å². The molecule has 138 valence electrons. The fraction of sp³-hybridized carbons (Fsp3) is 0.312. The van der Waals surface area contributed by atoms with Crippen molar-refractivity contribution in [1.82, 2.24) is 14.4 Å². The topological polar surface area (TPSA) is 79.8 Å². The molecular weight excluding hydrogens is 398 g/mol. The predicted octanol–water partition coefficient (Wildman–Crippen LogP) is 3.16. The van der Waals surface area contributed by atoms with Gasteiger partial charge in [-0.3, -0.25) is 4.90 Å². The lowest BCUT2D eigenvalue weighted by atomic mass is 10.3. The van der Waals surface area contributed by atoms with Crippen LogP contribution in [-0.2, 0) is 16.6 Å². The van der Waals surface area contributed by atoms with Crippen LogP contribution in [0.2, 0.25) is 4.34 Å². The first-order valence-corrected chi connectivity index (χ1v) is 10.6. The molecule has 1 aliphatic rings. The van der Waals surface area contributed by atoms with Gasteiger partial charge in [-0.05, 0) is 24.3 Å². The van der Waals surface area contributed by atoms with E-state index in [1.54, 1.807) is 24.5 Å². The molecule has 26 heavy (non-hydrogen) atoms. The van der Waals surface area contributed by atoms with Crippen LogP contribution in [0.25, 0.3) is 11.5 Å². The van der Waals surface area contributed by atoms with E-state index in [-0.39, 0.29) is 4.21 Å². The summed E-state index contributed by atoms with van der Waals surface area (Å²) in [6, 6.07) is 8.61. The Morgan fingerprint density at radius 2 is 1.96 bits per heavy atom. The first-order valence-electron chi connectivity index (χ1n) is 8.00. The number of rotatable bonds is 5. The Labute approximate surface area is 159 Å². The Morgan fingerprint density at radius 1 is 1.15 bits per heavy atom. The summed E-state index contributed by atoms with van der Waals surface area (Å²) in [6.07, 6.45) is 1.58. The molecule has 7 nitrogen and oxygen atoms in total. The van der Waals surface area contributed by atoms with Gasteiger partial charge in [0, 0.05) is 38.8 Å². The van der Waals surface area contributed by atoms with Crippen LogP contribution < -0.4 is 0 Å². The number of sulfonamides is 1. The fourth-order valence-electron chi connectivity index (χ4n) is 2.84. The van der Waals surface area contributed by atoms with Crippen molar-refractivity contribution in [2.45, 2.75) is 10.8 Å². The van der Waals surface area contributed by atoms with Crippen molar-refractivity contribution < 1.29 is 17.4 Å². The van der Waals surface area contributed by atoms with E-state index in [2.05, 4.69) is 10.1 Å². The number of aromatic nitrogens is 1. The van der Waals surface area contributed by atoms with E-state index >= 15 is 0 Å². The van der Waals surface area contributed by atoms with Gasteiger partial charge in [0.15, 0.2) is 5.76 Å². The first kappa shape index (κ1) is 17.7. The summed E-state index contributed by atoms with van der Waals surface area (Å²) < 4.78 is 38.1. The van der Waals surface area contributed by atoms with E-state index in [1.807, 2.05) is 12.1 Å². The first-order chi connectivity index (χ1) is 12.5. The molecule has 0 saturated carbocycles. The molecule has 4 heterocycles. The highest BCUT2D eigenvalue weighted by Gasteiger charge is 2.30.